The first kappa shape index (κ1) is 17.8. The molecule has 0 bridgehead atoms. The summed E-state index contributed by atoms with van der Waals surface area (Å²) in [5, 5.41) is 11.9. The van der Waals surface area contributed by atoms with Crippen LogP contribution in [0.15, 0.2) is 53.2 Å². The van der Waals surface area contributed by atoms with Crippen molar-refractivity contribution in [3.8, 4) is 5.69 Å². The summed E-state index contributed by atoms with van der Waals surface area (Å²) in [6.45, 7) is 1.26. The van der Waals surface area contributed by atoms with Crippen LogP contribution in [0.3, 0.4) is 0 Å². The molecule has 2 aromatic heterocycles. The fraction of sp³-hybridized carbons (Fsp3) is 0.250. The number of amides is 1. The first-order chi connectivity index (χ1) is 14.2. The summed E-state index contributed by atoms with van der Waals surface area (Å²) in [7, 11) is 0. The average Bonchev–Trinajstić information content (AvgIpc) is 3.43. The predicted molar refractivity (Wildman–Crippen MR) is 106 cm³/mol. The van der Waals surface area contributed by atoms with Crippen molar-refractivity contribution in [1.29, 1.82) is 0 Å². The van der Waals surface area contributed by atoms with Gasteiger partial charge in [0.25, 0.3) is 5.91 Å². The van der Waals surface area contributed by atoms with Crippen LogP contribution in [0.2, 0.25) is 5.02 Å². The van der Waals surface area contributed by atoms with Crippen LogP contribution in [0.4, 0.5) is 0 Å². The van der Waals surface area contributed by atoms with Gasteiger partial charge < -0.3 is 9.32 Å². The number of hydrogen-bond acceptors (Lipinski definition) is 6. The molecule has 146 valence electrons. The first-order valence-corrected chi connectivity index (χ1v) is 9.74. The largest absolute Gasteiger partial charge is 0.440 e. The van der Waals surface area contributed by atoms with Crippen LogP contribution in [0.5, 0.6) is 0 Å². The molecular weight excluding hydrogens is 392 g/mol. The molecule has 0 N–H and O–H groups in total. The molecular formula is C20H17ClN6O2. The lowest BCUT2D eigenvalue weighted by molar-refractivity contribution is 0.0706. The van der Waals surface area contributed by atoms with E-state index in [1.54, 1.807) is 18.2 Å². The Bertz CT molecular complexity index is 1160. The zero-order chi connectivity index (χ0) is 19.8. The van der Waals surface area contributed by atoms with Crippen molar-refractivity contribution in [2.75, 3.05) is 13.1 Å². The molecule has 9 heteroatoms. The Balaban J connectivity index is 1.32. The molecule has 1 amide bonds. The molecule has 1 aliphatic heterocycles. The van der Waals surface area contributed by atoms with Crippen LogP contribution in [0.25, 0.3) is 16.8 Å². The van der Waals surface area contributed by atoms with Crippen molar-refractivity contribution in [2.24, 2.45) is 0 Å². The van der Waals surface area contributed by atoms with Crippen LogP contribution in [0, 0.1) is 0 Å². The third-order valence-electron chi connectivity index (χ3n) is 5.23. The van der Waals surface area contributed by atoms with Gasteiger partial charge in [0.1, 0.15) is 11.8 Å². The summed E-state index contributed by atoms with van der Waals surface area (Å²) in [6.07, 6.45) is 3.07. The van der Waals surface area contributed by atoms with E-state index in [1.807, 2.05) is 29.2 Å². The third-order valence-corrected chi connectivity index (χ3v) is 5.46. The van der Waals surface area contributed by atoms with Gasteiger partial charge in [0.2, 0.25) is 0 Å². The number of likely N-dealkylation sites (tertiary alicyclic amines) is 1. The van der Waals surface area contributed by atoms with Crippen molar-refractivity contribution in [2.45, 2.75) is 18.8 Å². The molecule has 0 saturated carbocycles. The minimum atomic E-state index is -0.0288. The van der Waals surface area contributed by atoms with E-state index in [0.29, 0.717) is 35.3 Å². The van der Waals surface area contributed by atoms with E-state index in [2.05, 4.69) is 20.5 Å². The first-order valence-electron chi connectivity index (χ1n) is 9.37. The Hall–Kier alpha value is -3.26. The number of para-hydroxylation sites is 1. The Labute approximate surface area is 171 Å². The molecule has 1 fully saturated rings. The number of piperidine rings is 1. The maximum absolute atomic E-state index is 13.1. The van der Waals surface area contributed by atoms with Crippen LogP contribution < -0.4 is 0 Å². The highest BCUT2D eigenvalue weighted by molar-refractivity contribution is 6.31. The highest BCUT2D eigenvalue weighted by Crippen LogP contribution is 2.31. The number of aromatic nitrogens is 5. The molecule has 0 unspecified atom stereocenters. The summed E-state index contributed by atoms with van der Waals surface area (Å²) in [4.78, 5) is 19.6. The van der Waals surface area contributed by atoms with Crippen LogP contribution in [-0.4, -0.2) is 49.1 Å². The van der Waals surface area contributed by atoms with Gasteiger partial charge in [0.05, 0.1) is 11.3 Å². The van der Waals surface area contributed by atoms with Crippen LogP contribution >= 0.6 is 11.6 Å². The van der Waals surface area contributed by atoms with Crippen molar-refractivity contribution in [3.63, 3.8) is 0 Å². The van der Waals surface area contributed by atoms with Crippen molar-refractivity contribution < 1.29 is 9.21 Å². The fourth-order valence-electron chi connectivity index (χ4n) is 3.72. The lowest BCUT2D eigenvalue weighted by Gasteiger charge is -2.31. The molecule has 8 nitrogen and oxygen atoms in total. The SMILES string of the molecule is O=C(c1ccccc1-n1cnnn1)N1CCC(c2nc3cc(Cl)ccc3o2)CC1. The summed E-state index contributed by atoms with van der Waals surface area (Å²) in [6, 6.07) is 12.8. The van der Waals surface area contributed by atoms with Gasteiger partial charge in [-0.1, -0.05) is 23.7 Å². The number of oxazole rings is 1. The van der Waals surface area contributed by atoms with Crippen LogP contribution in [-0.2, 0) is 0 Å². The molecule has 4 aromatic rings. The number of halogens is 1. The summed E-state index contributed by atoms with van der Waals surface area (Å²) in [5.74, 6) is 0.863. The van der Waals surface area contributed by atoms with Gasteiger partial charge in [-0.25, -0.2) is 4.98 Å². The van der Waals surface area contributed by atoms with Gasteiger partial charge >= 0.3 is 0 Å². The molecule has 0 radical (unpaired) electrons. The smallest absolute Gasteiger partial charge is 0.256 e. The Morgan fingerprint density at radius 2 is 1.97 bits per heavy atom. The van der Waals surface area contributed by atoms with Crippen molar-refractivity contribution in [3.05, 3.63) is 65.3 Å². The summed E-state index contributed by atoms with van der Waals surface area (Å²) >= 11 is 6.04. The topological polar surface area (TPSA) is 89.9 Å². The monoisotopic (exact) mass is 408 g/mol. The van der Waals surface area contributed by atoms with Gasteiger partial charge in [-0.2, -0.15) is 4.68 Å². The lowest BCUT2D eigenvalue weighted by Crippen LogP contribution is -2.38. The minimum absolute atomic E-state index is 0.0288. The normalized spacial score (nSPS) is 15.1. The van der Waals surface area contributed by atoms with E-state index in [-0.39, 0.29) is 11.8 Å². The van der Waals surface area contributed by atoms with Gasteiger partial charge in [-0.15, -0.1) is 5.10 Å². The van der Waals surface area contributed by atoms with E-state index in [0.717, 1.165) is 23.9 Å². The maximum Gasteiger partial charge on any atom is 0.256 e. The standard InChI is InChI=1S/C20H17ClN6O2/c21-14-5-6-18-16(11-14)23-19(29-18)13-7-9-26(10-8-13)20(28)15-3-1-2-4-17(15)27-12-22-24-25-27/h1-6,11-13H,7-10H2. The van der Waals surface area contributed by atoms with E-state index < -0.39 is 0 Å². The fourth-order valence-corrected chi connectivity index (χ4v) is 3.89. The van der Waals surface area contributed by atoms with E-state index in [9.17, 15) is 4.79 Å². The average molecular weight is 409 g/mol. The number of nitrogens with zero attached hydrogens (tertiary/aromatic N) is 6. The molecule has 1 aliphatic rings. The quantitative estimate of drug-likeness (QED) is 0.515. The molecule has 5 rings (SSSR count). The Morgan fingerprint density at radius 3 is 2.76 bits per heavy atom. The molecule has 0 atom stereocenters. The minimum Gasteiger partial charge on any atom is -0.440 e. The highest BCUT2D eigenvalue weighted by atomic mass is 35.5. The molecule has 29 heavy (non-hydrogen) atoms. The van der Waals surface area contributed by atoms with Gasteiger partial charge in [-0.3, -0.25) is 4.79 Å². The number of hydrogen-bond donors (Lipinski definition) is 0. The zero-order valence-electron chi connectivity index (χ0n) is 15.4. The number of carbonyl (C=O) groups excluding carboxylic acids is 1. The van der Waals surface area contributed by atoms with Gasteiger partial charge in [0.15, 0.2) is 11.5 Å². The number of fused-ring (bicyclic) bond motifs is 1. The molecule has 1 saturated heterocycles. The third kappa shape index (κ3) is 3.36. The number of rotatable bonds is 3. The highest BCUT2D eigenvalue weighted by Gasteiger charge is 2.28. The van der Waals surface area contributed by atoms with Crippen LogP contribution in [0.1, 0.15) is 35.0 Å². The number of carbonyl (C=O) groups is 1. The van der Waals surface area contributed by atoms with E-state index in [4.69, 9.17) is 16.0 Å². The second-order valence-electron chi connectivity index (χ2n) is 7.00. The summed E-state index contributed by atoms with van der Waals surface area (Å²) in [5.41, 5.74) is 2.75. The number of benzene rings is 2. The molecule has 3 heterocycles. The Morgan fingerprint density at radius 1 is 1.14 bits per heavy atom. The van der Waals surface area contributed by atoms with E-state index in [1.165, 1.54) is 11.0 Å². The van der Waals surface area contributed by atoms with Crippen molar-refractivity contribution in [1.82, 2.24) is 30.1 Å². The second-order valence-corrected chi connectivity index (χ2v) is 7.44. The second kappa shape index (κ2) is 7.29. The molecule has 2 aromatic carbocycles. The predicted octanol–water partition coefficient (Wildman–Crippen LogP) is 3.48. The lowest BCUT2D eigenvalue weighted by atomic mass is 9.96. The number of tetrazole rings is 1. The van der Waals surface area contributed by atoms with Gasteiger partial charge in [0, 0.05) is 24.0 Å². The summed E-state index contributed by atoms with van der Waals surface area (Å²) < 4.78 is 7.42. The maximum atomic E-state index is 13.1. The Kier molecular flexibility index (Phi) is 4.48. The molecule has 0 spiro atoms. The van der Waals surface area contributed by atoms with Crippen molar-refractivity contribution >= 4 is 28.6 Å². The molecule has 0 aliphatic carbocycles. The van der Waals surface area contributed by atoms with Gasteiger partial charge in [-0.05, 0) is 53.6 Å². The zero-order valence-corrected chi connectivity index (χ0v) is 16.2. The van der Waals surface area contributed by atoms with E-state index >= 15 is 0 Å².